The Morgan fingerprint density at radius 2 is 1.89 bits per heavy atom. The highest BCUT2D eigenvalue weighted by Gasteiger charge is 2.30. The Morgan fingerprint density at radius 1 is 1.16 bits per heavy atom. The van der Waals surface area contributed by atoms with Crippen molar-refractivity contribution in [1.82, 2.24) is 5.32 Å². The average Bonchev–Trinajstić information content (AvgIpc) is 2.85. The summed E-state index contributed by atoms with van der Waals surface area (Å²) in [6.07, 6.45) is 1.09. The Morgan fingerprint density at radius 3 is 2.63 bits per heavy atom. The zero-order valence-electron chi connectivity index (χ0n) is 10.8. The topological polar surface area (TPSA) is 12.0 Å². The van der Waals surface area contributed by atoms with Gasteiger partial charge in [0.25, 0.3) is 0 Å². The quantitative estimate of drug-likeness (QED) is 0.903. The molecule has 2 atom stereocenters. The van der Waals surface area contributed by atoms with E-state index in [2.05, 4.69) is 41.7 Å². The molecule has 1 aliphatic heterocycles. The van der Waals surface area contributed by atoms with Crippen molar-refractivity contribution in [2.45, 2.75) is 22.6 Å². The largest absolute Gasteiger partial charge is 0.312 e. The summed E-state index contributed by atoms with van der Waals surface area (Å²) in [5.41, 5.74) is 2.64. The highest BCUT2D eigenvalue weighted by molar-refractivity contribution is 8.00. The van der Waals surface area contributed by atoms with Gasteiger partial charge in [0.05, 0.1) is 0 Å². The molecule has 0 aliphatic carbocycles. The lowest BCUT2D eigenvalue weighted by Crippen LogP contribution is -2.27. The second-order valence-corrected chi connectivity index (χ2v) is 6.44. The van der Waals surface area contributed by atoms with Crippen LogP contribution in [0.3, 0.4) is 0 Å². The first-order chi connectivity index (χ1) is 9.29. The number of benzene rings is 2. The Labute approximate surface area is 123 Å². The van der Waals surface area contributed by atoms with Crippen LogP contribution >= 0.6 is 23.4 Å². The van der Waals surface area contributed by atoms with E-state index in [1.54, 1.807) is 0 Å². The third-order valence-electron chi connectivity index (χ3n) is 3.60. The van der Waals surface area contributed by atoms with E-state index in [0.717, 1.165) is 11.4 Å². The van der Waals surface area contributed by atoms with Crippen molar-refractivity contribution in [3.8, 4) is 0 Å². The van der Waals surface area contributed by atoms with E-state index in [4.69, 9.17) is 11.6 Å². The first-order valence-electron chi connectivity index (χ1n) is 6.46. The van der Waals surface area contributed by atoms with Crippen LogP contribution in [0.15, 0.2) is 53.4 Å². The summed E-state index contributed by atoms with van der Waals surface area (Å²) in [4.78, 5) is 1.40. The molecule has 2 aromatic rings. The summed E-state index contributed by atoms with van der Waals surface area (Å²) < 4.78 is 0. The molecule has 3 heteroatoms. The minimum atomic E-state index is 0.283. The molecule has 98 valence electrons. The molecule has 0 aromatic heterocycles. The molecule has 0 spiro atoms. The number of fused-ring (bicyclic) bond motifs is 1. The van der Waals surface area contributed by atoms with Gasteiger partial charge in [0.1, 0.15) is 0 Å². The minimum Gasteiger partial charge on any atom is -0.312 e. The maximum Gasteiger partial charge on any atom is 0.0459 e. The van der Waals surface area contributed by atoms with E-state index in [9.17, 15) is 0 Å². The number of thioether (sulfide) groups is 1. The van der Waals surface area contributed by atoms with Gasteiger partial charge in [-0.1, -0.05) is 48.0 Å². The lowest BCUT2D eigenvalue weighted by molar-refractivity contribution is 0.568. The molecule has 0 saturated heterocycles. The molecule has 0 amide bonds. The van der Waals surface area contributed by atoms with E-state index in [1.807, 2.05) is 30.9 Å². The average molecular weight is 290 g/mol. The van der Waals surface area contributed by atoms with Gasteiger partial charge in [0, 0.05) is 21.2 Å². The van der Waals surface area contributed by atoms with Crippen molar-refractivity contribution in [3.63, 3.8) is 0 Å². The van der Waals surface area contributed by atoms with Crippen LogP contribution in [0.5, 0.6) is 0 Å². The van der Waals surface area contributed by atoms with Crippen LogP contribution in [0.1, 0.15) is 17.2 Å². The fraction of sp³-hybridized carbons (Fsp3) is 0.250. The molecule has 1 N–H and O–H groups in total. The maximum absolute atomic E-state index is 6.34. The van der Waals surface area contributed by atoms with Gasteiger partial charge >= 0.3 is 0 Å². The molecule has 0 fully saturated rings. The molecule has 3 rings (SSSR count). The number of hydrogen-bond donors (Lipinski definition) is 1. The van der Waals surface area contributed by atoms with Crippen LogP contribution in [0, 0.1) is 0 Å². The molecule has 1 heterocycles. The van der Waals surface area contributed by atoms with Crippen LogP contribution < -0.4 is 5.32 Å². The van der Waals surface area contributed by atoms with Gasteiger partial charge in [-0.2, -0.15) is 0 Å². The standard InChI is InChI=1S/C16H16ClNS/c1-18-16(12-7-3-4-8-13(12)17)15-10-11-6-2-5-9-14(11)19-15/h2-9,15-16,18H,10H2,1H3. The summed E-state index contributed by atoms with van der Waals surface area (Å²) >= 11 is 8.29. The summed E-state index contributed by atoms with van der Waals surface area (Å²) in [6, 6.07) is 17.1. The zero-order valence-corrected chi connectivity index (χ0v) is 12.3. The lowest BCUT2D eigenvalue weighted by atomic mass is 9.99. The Kier molecular flexibility index (Phi) is 3.83. The molecule has 2 aromatic carbocycles. The Bertz CT molecular complexity index is 559. The Hall–Kier alpha value is -0.960. The van der Waals surface area contributed by atoms with Crippen molar-refractivity contribution in [3.05, 3.63) is 64.7 Å². The van der Waals surface area contributed by atoms with E-state index < -0.39 is 0 Å². The van der Waals surface area contributed by atoms with Crippen LogP contribution in [-0.2, 0) is 6.42 Å². The fourth-order valence-corrected chi connectivity index (χ4v) is 4.38. The lowest BCUT2D eigenvalue weighted by Gasteiger charge is -2.23. The monoisotopic (exact) mass is 289 g/mol. The summed E-state index contributed by atoms with van der Waals surface area (Å²) in [7, 11) is 2.01. The third kappa shape index (κ3) is 2.53. The van der Waals surface area contributed by atoms with Crippen LogP contribution in [0.4, 0.5) is 0 Å². The number of halogens is 1. The third-order valence-corrected chi connectivity index (χ3v) is 5.33. The maximum atomic E-state index is 6.34. The molecule has 1 aliphatic rings. The molecule has 1 nitrogen and oxygen atoms in total. The van der Waals surface area contributed by atoms with Gasteiger partial charge in [-0.05, 0) is 36.7 Å². The first-order valence-corrected chi connectivity index (χ1v) is 7.71. The van der Waals surface area contributed by atoms with Gasteiger partial charge in [-0.15, -0.1) is 11.8 Å². The van der Waals surface area contributed by atoms with Crippen molar-refractivity contribution in [2.75, 3.05) is 7.05 Å². The molecule has 19 heavy (non-hydrogen) atoms. The van der Waals surface area contributed by atoms with Crippen LogP contribution in [-0.4, -0.2) is 12.3 Å². The second-order valence-electron chi connectivity index (χ2n) is 4.76. The van der Waals surface area contributed by atoms with Crippen LogP contribution in [0.2, 0.25) is 5.02 Å². The molecule has 0 radical (unpaired) electrons. The Balaban J connectivity index is 1.88. The van der Waals surface area contributed by atoms with E-state index >= 15 is 0 Å². The van der Waals surface area contributed by atoms with Crippen molar-refractivity contribution in [2.24, 2.45) is 0 Å². The first kappa shape index (κ1) is 13.0. The van der Waals surface area contributed by atoms with Gasteiger partial charge in [-0.3, -0.25) is 0 Å². The molecule has 2 unspecified atom stereocenters. The van der Waals surface area contributed by atoms with Gasteiger partial charge in [0.15, 0.2) is 0 Å². The fourth-order valence-electron chi connectivity index (χ4n) is 2.66. The number of hydrogen-bond acceptors (Lipinski definition) is 2. The number of nitrogens with one attached hydrogen (secondary N) is 1. The highest BCUT2D eigenvalue weighted by Crippen LogP contribution is 2.43. The summed E-state index contributed by atoms with van der Waals surface area (Å²) in [5.74, 6) is 0. The van der Waals surface area contributed by atoms with Crippen molar-refractivity contribution < 1.29 is 0 Å². The second kappa shape index (κ2) is 5.58. The van der Waals surface area contributed by atoms with E-state index in [0.29, 0.717) is 5.25 Å². The van der Waals surface area contributed by atoms with Crippen LogP contribution in [0.25, 0.3) is 0 Å². The molecular formula is C16H16ClNS. The molecular weight excluding hydrogens is 274 g/mol. The van der Waals surface area contributed by atoms with Gasteiger partial charge in [-0.25, -0.2) is 0 Å². The molecule has 0 bridgehead atoms. The summed E-state index contributed by atoms with van der Waals surface area (Å²) in [5, 5.41) is 4.78. The molecule has 0 saturated carbocycles. The van der Waals surface area contributed by atoms with E-state index in [-0.39, 0.29) is 6.04 Å². The highest BCUT2D eigenvalue weighted by atomic mass is 35.5. The number of rotatable bonds is 3. The zero-order chi connectivity index (χ0) is 13.2. The van der Waals surface area contributed by atoms with E-state index in [1.165, 1.54) is 16.0 Å². The summed E-state index contributed by atoms with van der Waals surface area (Å²) in [6.45, 7) is 0. The van der Waals surface area contributed by atoms with Gasteiger partial charge < -0.3 is 5.32 Å². The predicted molar refractivity (Wildman–Crippen MR) is 83.0 cm³/mol. The van der Waals surface area contributed by atoms with Crippen molar-refractivity contribution >= 4 is 23.4 Å². The van der Waals surface area contributed by atoms with Crippen molar-refractivity contribution in [1.29, 1.82) is 0 Å². The minimum absolute atomic E-state index is 0.283. The normalized spacial score (nSPS) is 19.2. The smallest absolute Gasteiger partial charge is 0.0459 e. The van der Waals surface area contributed by atoms with Gasteiger partial charge in [0.2, 0.25) is 0 Å². The SMILES string of the molecule is CNC(c1ccccc1Cl)C1Cc2ccccc2S1. The predicted octanol–water partition coefficient (Wildman–Crippen LogP) is 4.32.